The Bertz CT molecular complexity index is 633. The molecule has 20 heavy (non-hydrogen) atoms. The molecule has 3 nitrogen and oxygen atoms in total. The minimum absolute atomic E-state index is 0.297. The van der Waals surface area contributed by atoms with Crippen LogP contribution in [0.4, 0.5) is 10.1 Å². The van der Waals surface area contributed by atoms with E-state index in [4.69, 9.17) is 0 Å². The average Bonchev–Trinajstić information content (AvgIpc) is 2.46. The van der Waals surface area contributed by atoms with Crippen LogP contribution in [0.1, 0.15) is 15.9 Å². The third kappa shape index (κ3) is 3.29. The number of halogens is 1. The van der Waals surface area contributed by atoms with E-state index in [1.54, 1.807) is 30.3 Å². The first-order chi connectivity index (χ1) is 9.58. The summed E-state index contributed by atoms with van der Waals surface area (Å²) in [6.07, 6.45) is 1.25. The van der Waals surface area contributed by atoms with E-state index in [-0.39, 0.29) is 0 Å². The zero-order valence-corrected chi connectivity index (χ0v) is 11.4. The molecule has 0 aliphatic heterocycles. The average molecular weight is 270 g/mol. The Morgan fingerprint density at radius 3 is 2.35 bits per heavy atom. The highest BCUT2D eigenvalue weighted by molar-refractivity contribution is 6.01. The Kier molecular flexibility index (Phi) is 4.25. The lowest BCUT2D eigenvalue weighted by molar-refractivity contribution is 0.100. The van der Waals surface area contributed by atoms with Crippen molar-refractivity contribution in [3.8, 4) is 0 Å². The zero-order valence-electron chi connectivity index (χ0n) is 11.4. The van der Waals surface area contributed by atoms with Crippen molar-refractivity contribution in [2.45, 2.75) is 0 Å². The van der Waals surface area contributed by atoms with E-state index in [0.717, 1.165) is 5.69 Å². The van der Waals surface area contributed by atoms with Crippen molar-refractivity contribution < 1.29 is 9.18 Å². The topological polar surface area (TPSA) is 32.7 Å². The van der Waals surface area contributed by atoms with Crippen LogP contribution in [0.2, 0.25) is 0 Å². The van der Waals surface area contributed by atoms with Gasteiger partial charge in [-0.05, 0) is 30.3 Å². The van der Waals surface area contributed by atoms with E-state index in [2.05, 4.69) is 4.99 Å². The molecule has 0 unspecified atom stereocenters. The molecule has 102 valence electrons. The van der Waals surface area contributed by atoms with Crippen LogP contribution in [0.15, 0.2) is 53.5 Å². The lowest BCUT2D eigenvalue weighted by Gasteiger charge is -2.11. The maximum absolute atomic E-state index is 13.4. The fourth-order valence-corrected chi connectivity index (χ4v) is 1.68. The van der Waals surface area contributed by atoms with Gasteiger partial charge in [0.2, 0.25) is 0 Å². The van der Waals surface area contributed by atoms with Gasteiger partial charge in [-0.3, -0.25) is 4.79 Å². The molecular weight excluding hydrogens is 255 g/mol. The summed E-state index contributed by atoms with van der Waals surface area (Å²) < 4.78 is 13.4. The molecule has 0 spiro atoms. The molecular formula is C16H15FN2O. The van der Waals surface area contributed by atoms with Crippen molar-refractivity contribution in [2.75, 3.05) is 19.0 Å². The number of carbonyl (C=O) groups excluding carboxylic acids is 1. The SMILES string of the molecule is CN(C)c1ccc(C(=O)N=Cc2ccccc2F)cc1. The van der Waals surface area contributed by atoms with E-state index >= 15 is 0 Å². The first-order valence-corrected chi connectivity index (χ1v) is 6.18. The minimum Gasteiger partial charge on any atom is -0.378 e. The second kappa shape index (κ2) is 6.10. The largest absolute Gasteiger partial charge is 0.378 e. The van der Waals surface area contributed by atoms with Crippen LogP contribution in [-0.4, -0.2) is 26.2 Å². The highest BCUT2D eigenvalue weighted by Gasteiger charge is 2.04. The van der Waals surface area contributed by atoms with Gasteiger partial charge in [-0.25, -0.2) is 9.38 Å². The Morgan fingerprint density at radius 1 is 1.10 bits per heavy atom. The highest BCUT2D eigenvalue weighted by Crippen LogP contribution is 2.13. The molecule has 2 aromatic carbocycles. The van der Waals surface area contributed by atoms with Gasteiger partial charge in [-0.1, -0.05) is 18.2 Å². The second-order valence-electron chi connectivity index (χ2n) is 4.53. The van der Waals surface area contributed by atoms with Crippen LogP contribution < -0.4 is 4.90 Å². The molecule has 4 heteroatoms. The van der Waals surface area contributed by atoms with Gasteiger partial charge in [-0.15, -0.1) is 0 Å². The van der Waals surface area contributed by atoms with Crippen molar-refractivity contribution in [1.82, 2.24) is 0 Å². The van der Waals surface area contributed by atoms with Gasteiger partial charge in [-0.2, -0.15) is 0 Å². The van der Waals surface area contributed by atoms with Gasteiger partial charge in [0, 0.05) is 37.1 Å². The van der Waals surface area contributed by atoms with Crippen LogP contribution in [0.3, 0.4) is 0 Å². The Hall–Kier alpha value is -2.49. The van der Waals surface area contributed by atoms with Gasteiger partial charge in [0.05, 0.1) is 0 Å². The monoisotopic (exact) mass is 270 g/mol. The summed E-state index contributed by atoms with van der Waals surface area (Å²) >= 11 is 0. The summed E-state index contributed by atoms with van der Waals surface area (Å²) in [5.41, 5.74) is 1.77. The Morgan fingerprint density at radius 2 is 1.75 bits per heavy atom. The number of carbonyl (C=O) groups is 1. The fraction of sp³-hybridized carbons (Fsp3) is 0.125. The molecule has 0 saturated carbocycles. The van der Waals surface area contributed by atoms with E-state index in [1.807, 2.05) is 31.1 Å². The molecule has 0 atom stereocenters. The maximum atomic E-state index is 13.4. The zero-order chi connectivity index (χ0) is 14.5. The summed E-state index contributed by atoms with van der Waals surface area (Å²) in [7, 11) is 3.85. The van der Waals surface area contributed by atoms with Crippen LogP contribution in [-0.2, 0) is 0 Å². The molecule has 0 radical (unpaired) electrons. The molecule has 1 amide bonds. The number of nitrogens with zero attached hydrogens (tertiary/aromatic N) is 2. The van der Waals surface area contributed by atoms with E-state index in [1.165, 1.54) is 12.3 Å². The quantitative estimate of drug-likeness (QED) is 0.803. The number of hydrogen-bond acceptors (Lipinski definition) is 2. The molecule has 0 aromatic heterocycles. The third-order valence-corrected chi connectivity index (χ3v) is 2.86. The molecule has 0 aliphatic carbocycles. The lowest BCUT2D eigenvalue weighted by atomic mass is 10.2. The second-order valence-corrected chi connectivity index (χ2v) is 4.53. The Balaban J connectivity index is 2.14. The highest BCUT2D eigenvalue weighted by atomic mass is 19.1. The molecule has 0 fully saturated rings. The van der Waals surface area contributed by atoms with Crippen molar-refractivity contribution in [3.05, 3.63) is 65.5 Å². The fourth-order valence-electron chi connectivity index (χ4n) is 1.68. The summed E-state index contributed by atoms with van der Waals surface area (Å²) in [5, 5.41) is 0. The minimum atomic E-state index is -0.396. The van der Waals surface area contributed by atoms with E-state index in [0.29, 0.717) is 11.1 Å². The lowest BCUT2D eigenvalue weighted by Crippen LogP contribution is -2.08. The van der Waals surface area contributed by atoms with Gasteiger partial charge in [0.1, 0.15) is 5.82 Å². The molecule has 0 bridgehead atoms. The summed E-state index contributed by atoms with van der Waals surface area (Å²) in [4.78, 5) is 17.6. The first kappa shape index (κ1) is 13.9. The van der Waals surface area contributed by atoms with Gasteiger partial charge in [0.15, 0.2) is 0 Å². The summed E-state index contributed by atoms with van der Waals surface area (Å²) in [6, 6.07) is 13.3. The predicted molar refractivity (Wildman–Crippen MR) is 79.1 cm³/mol. The van der Waals surface area contributed by atoms with Crippen molar-refractivity contribution in [1.29, 1.82) is 0 Å². The van der Waals surface area contributed by atoms with Crippen molar-refractivity contribution in [3.63, 3.8) is 0 Å². The van der Waals surface area contributed by atoms with Crippen LogP contribution in [0, 0.1) is 5.82 Å². The number of anilines is 1. The number of amides is 1. The van der Waals surface area contributed by atoms with Crippen LogP contribution in [0.25, 0.3) is 0 Å². The first-order valence-electron chi connectivity index (χ1n) is 6.18. The Labute approximate surface area is 117 Å². The number of benzene rings is 2. The third-order valence-electron chi connectivity index (χ3n) is 2.86. The smallest absolute Gasteiger partial charge is 0.276 e. The standard InChI is InChI=1S/C16H15FN2O/c1-19(2)14-9-7-12(8-10-14)16(20)18-11-13-5-3-4-6-15(13)17/h3-11H,1-2H3. The number of aliphatic imine (C=N–C) groups is 1. The molecule has 2 rings (SSSR count). The maximum Gasteiger partial charge on any atom is 0.276 e. The molecule has 0 saturated heterocycles. The van der Waals surface area contributed by atoms with Crippen LogP contribution >= 0.6 is 0 Å². The van der Waals surface area contributed by atoms with Gasteiger partial charge < -0.3 is 4.90 Å². The van der Waals surface area contributed by atoms with Crippen molar-refractivity contribution in [2.24, 2.45) is 4.99 Å². The van der Waals surface area contributed by atoms with E-state index < -0.39 is 11.7 Å². The molecule has 0 aliphatic rings. The van der Waals surface area contributed by atoms with Crippen LogP contribution in [0.5, 0.6) is 0 Å². The van der Waals surface area contributed by atoms with Gasteiger partial charge in [0.25, 0.3) is 5.91 Å². The van der Waals surface area contributed by atoms with Crippen molar-refractivity contribution >= 4 is 17.8 Å². The van der Waals surface area contributed by atoms with E-state index in [9.17, 15) is 9.18 Å². The molecule has 2 aromatic rings. The predicted octanol–water partition coefficient (Wildman–Crippen LogP) is 3.15. The summed E-state index contributed by atoms with van der Waals surface area (Å²) in [5.74, 6) is -0.787. The normalized spacial score (nSPS) is 10.8. The number of hydrogen-bond donors (Lipinski definition) is 0. The number of rotatable bonds is 3. The summed E-state index contributed by atoms with van der Waals surface area (Å²) in [6.45, 7) is 0. The molecule has 0 N–H and O–H groups in total. The molecule has 0 heterocycles. The van der Waals surface area contributed by atoms with Gasteiger partial charge >= 0.3 is 0 Å².